The van der Waals surface area contributed by atoms with Gasteiger partial charge in [-0.3, -0.25) is 9.78 Å². The van der Waals surface area contributed by atoms with Crippen molar-refractivity contribution < 1.29 is 18.0 Å². The number of fused-ring (bicyclic) bond motifs is 1. The Morgan fingerprint density at radius 3 is 2.52 bits per heavy atom. The lowest BCUT2D eigenvalue weighted by atomic mass is 9.97. The van der Waals surface area contributed by atoms with Crippen molar-refractivity contribution in [3.63, 3.8) is 0 Å². The number of aromatic nitrogens is 1. The highest BCUT2D eigenvalue weighted by molar-refractivity contribution is 6.02. The Kier molecular flexibility index (Phi) is 5.33. The second-order valence-electron chi connectivity index (χ2n) is 7.01. The van der Waals surface area contributed by atoms with Crippen molar-refractivity contribution in [2.75, 3.05) is 5.32 Å². The van der Waals surface area contributed by atoms with Crippen LogP contribution in [0.1, 0.15) is 21.5 Å². The highest BCUT2D eigenvalue weighted by Crippen LogP contribution is 2.36. The molecule has 4 nitrogen and oxygen atoms in total. The molecule has 7 heteroatoms. The zero-order valence-corrected chi connectivity index (χ0v) is 16.3. The molecule has 0 unspecified atom stereocenters. The minimum Gasteiger partial charge on any atom is -0.380 e. The molecule has 1 amide bonds. The van der Waals surface area contributed by atoms with E-state index >= 15 is 0 Å². The van der Waals surface area contributed by atoms with Crippen LogP contribution in [0.2, 0.25) is 0 Å². The van der Waals surface area contributed by atoms with Crippen LogP contribution in [0, 0.1) is 0 Å². The summed E-state index contributed by atoms with van der Waals surface area (Å²) in [6, 6.07) is 19.3. The summed E-state index contributed by atoms with van der Waals surface area (Å²) in [5.41, 5.74) is 7.92. The molecule has 0 aliphatic carbocycles. The summed E-state index contributed by atoms with van der Waals surface area (Å²) in [6.07, 6.45) is -2.77. The van der Waals surface area contributed by atoms with Crippen molar-refractivity contribution in [3.05, 3.63) is 95.7 Å². The normalized spacial score (nSPS) is 11.5. The third kappa shape index (κ3) is 4.21. The largest absolute Gasteiger partial charge is 0.416 e. The number of pyridine rings is 1. The molecular formula is C24H18F3N3O. The molecule has 4 rings (SSSR count). The van der Waals surface area contributed by atoms with Crippen molar-refractivity contribution in [1.82, 2.24) is 4.98 Å². The molecule has 0 fully saturated rings. The van der Waals surface area contributed by atoms with Crippen LogP contribution in [0.5, 0.6) is 0 Å². The van der Waals surface area contributed by atoms with Crippen molar-refractivity contribution >= 4 is 22.5 Å². The molecule has 0 spiro atoms. The first-order valence-electron chi connectivity index (χ1n) is 9.51. The van der Waals surface area contributed by atoms with E-state index in [0.29, 0.717) is 23.4 Å². The summed E-state index contributed by atoms with van der Waals surface area (Å²) in [7, 11) is 0. The van der Waals surface area contributed by atoms with E-state index in [2.05, 4.69) is 10.3 Å². The van der Waals surface area contributed by atoms with E-state index in [1.165, 1.54) is 6.07 Å². The fourth-order valence-corrected chi connectivity index (χ4v) is 3.56. The van der Waals surface area contributed by atoms with Gasteiger partial charge in [-0.1, -0.05) is 42.5 Å². The van der Waals surface area contributed by atoms with Crippen molar-refractivity contribution in [2.24, 2.45) is 5.73 Å². The minimum atomic E-state index is -4.47. The number of hydrogen-bond acceptors (Lipinski definition) is 3. The number of alkyl halides is 3. The molecular weight excluding hydrogens is 403 g/mol. The molecule has 0 radical (unpaired) electrons. The van der Waals surface area contributed by atoms with Gasteiger partial charge in [0.1, 0.15) is 0 Å². The molecule has 0 aliphatic heterocycles. The topological polar surface area (TPSA) is 68.0 Å². The summed E-state index contributed by atoms with van der Waals surface area (Å²) >= 11 is 0. The standard InChI is InChI=1S/C24H18F3N3O/c25-24(26,27)17-7-1-5-15(13-17)19-8-3-9-20(23(28)31)22(19)30-14-16-6-2-11-21-18(16)10-4-12-29-21/h1-13,30H,14H2,(H2,28,31). The van der Waals surface area contributed by atoms with Gasteiger partial charge in [0.25, 0.3) is 5.91 Å². The summed E-state index contributed by atoms with van der Waals surface area (Å²) in [6.45, 7) is 0.333. The quantitative estimate of drug-likeness (QED) is 0.439. The lowest BCUT2D eigenvalue weighted by Gasteiger charge is -2.17. The molecule has 156 valence electrons. The Bertz CT molecular complexity index is 1260. The fraction of sp³-hybridized carbons (Fsp3) is 0.0833. The van der Waals surface area contributed by atoms with Gasteiger partial charge in [-0.25, -0.2) is 0 Å². The number of halogens is 3. The van der Waals surface area contributed by atoms with Crippen LogP contribution >= 0.6 is 0 Å². The Balaban J connectivity index is 1.77. The number of primary amides is 1. The van der Waals surface area contributed by atoms with Gasteiger partial charge in [-0.05, 0) is 41.5 Å². The van der Waals surface area contributed by atoms with Gasteiger partial charge in [0, 0.05) is 23.7 Å². The van der Waals surface area contributed by atoms with Crippen molar-refractivity contribution in [1.29, 1.82) is 0 Å². The summed E-state index contributed by atoms with van der Waals surface area (Å²) < 4.78 is 39.6. The number of para-hydroxylation sites is 1. The number of nitrogens with one attached hydrogen (secondary N) is 1. The highest BCUT2D eigenvalue weighted by Gasteiger charge is 2.30. The highest BCUT2D eigenvalue weighted by atomic mass is 19.4. The zero-order chi connectivity index (χ0) is 22.0. The van der Waals surface area contributed by atoms with Crippen LogP contribution in [0.25, 0.3) is 22.0 Å². The van der Waals surface area contributed by atoms with E-state index in [0.717, 1.165) is 28.6 Å². The first kappa shape index (κ1) is 20.4. The second-order valence-corrected chi connectivity index (χ2v) is 7.01. The predicted octanol–water partition coefficient (Wildman–Crippen LogP) is 5.63. The maximum absolute atomic E-state index is 13.2. The Morgan fingerprint density at radius 1 is 0.968 bits per heavy atom. The molecule has 1 aromatic heterocycles. The van der Waals surface area contributed by atoms with Gasteiger partial charge in [0.15, 0.2) is 0 Å². The maximum atomic E-state index is 13.2. The molecule has 0 aliphatic rings. The third-order valence-corrected chi connectivity index (χ3v) is 5.02. The molecule has 4 aromatic rings. The van der Waals surface area contributed by atoms with Crippen LogP contribution in [0.4, 0.5) is 18.9 Å². The lowest BCUT2D eigenvalue weighted by Crippen LogP contribution is -2.15. The van der Waals surface area contributed by atoms with Gasteiger partial charge < -0.3 is 11.1 Å². The Morgan fingerprint density at radius 2 is 1.74 bits per heavy atom. The van der Waals surface area contributed by atoms with Gasteiger partial charge in [-0.2, -0.15) is 13.2 Å². The number of anilines is 1. The molecule has 1 heterocycles. The summed E-state index contributed by atoms with van der Waals surface area (Å²) in [5.74, 6) is -0.670. The first-order chi connectivity index (χ1) is 14.8. The minimum absolute atomic E-state index is 0.202. The van der Waals surface area contributed by atoms with Crippen LogP contribution < -0.4 is 11.1 Å². The summed E-state index contributed by atoms with van der Waals surface area (Å²) in [5, 5.41) is 4.16. The fourth-order valence-electron chi connectivity index (χ4n) is 3.56. The Hall–Kier alpha value is -3.87. The first-order valence-corrected chi connectivity index (χ1v) is 9.51. The number of carbonyl (C=O) groups is 1. The van der Waals surface area contributed by atoms with Crippen LogP contribution in [-0.2, 0) is 12.7 Å². The average Bonchev–Trinajstić information content (AvgIpc) is 2.77. The van der Waals surface area contributed by atoms with E-state index in [1.54, 1.807) is 30.5 Å². The van der Waals surface area contributed by atoms with Gasteiger partial charge in [0.2, 0.25) is 0 Å². The van der Waals surface area contributed by atoms with Crippen LogP contribution in [0.15, 0.2) is 79.0 Å². The number of hydrogen-bond donors (Lipinski definition) is 2. The Labute approximate surface area is 176 Å². The van der Waals surface area contributed by atoms with E-state index < -0.39 is 17.6 Å². The summed E-state index contributed by atoms with van der Waals surface area (Å²) in [4.78, 5) is 16.4. The number of carbonyl (C=O) groups excluding carboxylic acids is 1. The van der Waals surface area contributed by atoms with E-state index in [-0.39, 0.29) is 5.56 Å². The lowest BCUT2D eigenvalue weighted by molar-refractivity contribution is -0.137. The maximum Gasteiger partial charge on any atom is 0.416 e. The van der Waals surface area contributed by atoms with Gasteiger partial charge in [0.05, 0.1) is 22.3 Å². The number of benzene rings is 3. The molecule has 0 saturated carbocycles. The van der Waals surface area contributed by atoms with Crippen molar-refractivity contribution in [2.45, 2.75) is 12.7 Å². The molecule has 3 N–H and O–H groups in total. The van der Waals surface area contributed by atoms with Gasteiger partial charge >= 0.3 is 6.18 Å². The number of nitrogens with two attached hydrogens (primary N) is 1. The third-order valence-electron chi connectivity index (χ3n) is 5.02. The molecule has 0 saturated heterocycles. The zero-order valence-electron chi connectivity index (χ0n) is 16.3. The van der Waals surface area contributed by atoms with E-state index in [9.17, 15) is 18.0 Å². The predicted molar refractivity (Wildman–Crippen MR) is 114 cm³/mol. The average molecular weight is 421 g/mol. The molecule has 0 atom stereocenters. The van der Waals surface area contributed by atoms with Crippen LogP contribution in [0.3, 0.4) is 0 Å². The second kappa shape index (κ2) is 8.10. The molecule has 0 bridgehead atoms. The van der Waals surface area contributed by atoms with Crippen LogP contribution in [-0.4, -0.2) is 10.9 Å². The van der Waals surface area contributed by atoms with E-state index in [4.69, 9.17) is 5.73 Å². The van der Waals surface area contributed by atoms with Crippen molar-refractivity contribution in [3.8, 4) is 11.1 Å². The SMILES string of the molecule is NC(=O)c1cccc(-c2cccc(C(F)(F)F)c2)c1NCc1cccc2ncccc12. The van der Waals surface area contributed by atoms with Gasteiger partial charge in [-0.15, -0.1) is 0 Å². The van der Waals surface area contributed by atoms with E-state index in [1.807, 2.05) is 30.3 Å². The monoisotopic (exact) mass is 421 g/mol. The smallest absolute Gasteiger partial charge is 0.380 e. The number of rotatable bonds is 5. The number of nitrogens with zero attached hydrogens (tertiary/aromatic N) is 1. The molecule has 31 heavy (non-hydrogen) atoms. The number of amides is 1. The molecule has 3 aromatic carbocycles.